The molecule has 2 N–H and O–H groups in total. The first kappa shape index (κ1) is 21.1. The summed E-state index contributed by atoms with van der Waals surface area (Å²) in [6, 6.07) is 15.7. The van der Waals surface area contributed by atoms with E-state index in [9.17, 15) is 14.4 Å². The molecule has 0 radical (unpaired) electrons. The molecule has 3 aromatic rings. The molecule has 2 heterocycles. The first-order valence-corrected chi connectivity index (χ1v) is 10.8. The Kier molecular flexibility index (Phi) is 6.32. The van der Waals surface area contributed by atoms with E-state index >= 15 is 0 Å². The molecular formula is C24H28N4O3. The SMILES string of the molecule is Cc1cccc(CN2CCC(NC(=O)CCn3c(=O)[nH]c(=O)c4ccccc43)CC2)c1. The fraction of sp³-hybridized carbons (Fsp3) is 0.375. The first-order chi connectivity index (χ1) is 15.0. The minimum Gasteiger partial charge on any atom is -0.353 e. The lowest BCUT2D eigenvalue weighted by molar-refractivity contribution is -0.122. The van der Waals surface area contributed by atoms with Crippen LogP contribution in [-0.4, -0.2) is 39.5 Å². The molecule has 0 unspecified atom stereocenters. The smallest absolute Gasteiger partial charge is 0.328 e. The van der Waals surface area contributed by atoms with Gasteiger partial charge in [-0.3, -0.25) is 24.0 Å². The Morgan fingerprint density at radius 3 is 2.65 bits per heavy atom. The van der Waals surface area contributed by atoms with Crippen molar-refractivity contribution in [2.45, 2.75) is 45.3 Å². The van der Waals surface area contributed by atoms with Crippen molar-refractivity contribution < 1.29 is 4.79 Å². The molecule has 162 valence electrons. The van der Waals surface area contributed by atoms with Crippen molar-refractivity contribution in [1.29, 1.82) is 0 Å². The molecule has 1 aliphatic rings. The number of hydrogen-bond donors (Lipinski definition) is 2. The van der Waals surface area contributed by atoms with Gasteiger partial charge in [0.15, 0.2) is 0 Å². The number of aromatic nitrogens is 2. The molecule has 0 atom stereocenters. The average molecular weight is 421 g/mol. The molecule has 4 rings (SSSR count). The predicted octanol–water partition coefficient (Wildman–Crippen LogP) is 2.17. The predicted molar refractivity (Wildman–Crippen MR) is 121 cm³/mol. The molecule has 7 nitrogen and oxygen atoms in total. The number of piperidine rings is 1. The van der Waals surface area contributed by atoms with Gasteiger partial charge in [0.25, 0.3) is 5.56 Å². The van der Waals surface area contributed by atoms with Crippen LogP contribution in [0.15, 0.2) is 58.1 Å². The minimum absolute atomic E-state index is 0.0701. The molecule has 31 heavy (non-hydrogen) atoms. The van der Waals surface area contributed by atoms with Crippen LogP contribution in [0.2, 0.25) is 0 Å². The van der Waals surface area contributed by atoms with Crippen LogP contribution in [0.4, 0.5) is 0 Å². The quantitative estimate of drug-likeness (QED) is 0.640. The van der Waals surface area contributed by atoms with Crippen LogP contribution in [-0.2, 0) is 17.9 Å². The second-order valence-electron chi connectivity index (χ2n) is 8.29. The summed E-state index contributed by atoms with van der Waals surface area (Å²) in [6.07, 6.45) is 2.03. The summed E-state index contributed by atoms with van der Waals surface area (Å²) >= 11 is 0. The molecule has 1 aliphatic heterocycles. The lowest BCUT2D eigenvalue weighted by Gasteiger charge is -2.32. The van der Waals surface area contributed by atoms with E-state index in [0.29, 0.717) is 10.9 Å². The molecular weight excluding hydrogens is 392 g/mol. The monoisotopic (exact) mass is 420 g/mol. The Bertz CT molecular complexity index is 1190. The number of fused-ring (bicyclic) bond motifs is 1. The van der Waals surface area contributed by atoms with Crippen LogP contribution in [0.1, 0.15) is 30.4 Å². The van der Waals surface area contributed by atoms with Crippen molar-refractivity contribution in [3.05, 3.63) is 80.5 Å². The number of likely N-dealkylation sites (tertiary alicyclic amines) is 1. The Morgan fingerprint density at radius 1 is 1.10 bits per heavy atom. The number of carbonyl (C=O) groups excluding carboxylic acids is 1. The number of nitrogens with zero attached hydrogens (tertiary/aromatic N) is 2. The fourth-order valence-corrected chi connectivity index (χ4v) is 4.28. The lowest BCUT2D eigenvalue weighted by Crippen LogP contribution is -2.44. The van der Waals surface area contributed by atoms with E-state index in [2.05, 4.69) is 46.4 Å². The van der Waals surface area contributed by atoms with Gasteiger partial charge in [0.2, 0.25) is 5.91 Å². The summed E-state index contributed by atoms with van der Waals surface area (Å²) in [5.74, 6) is -0.0701. The summed E-state index contributed by atoms with van der Waals surface area (Å²) in [6.45, 7) is 5.17. The van der Waals surface area contributed by atoms with Gasteiger partial charge in [0.05, 0.1) is 10.9 Å². The van der Waals surface area contributed by atoms with Gasteiger partial charge in [-0.1, -0.05) is 42.0 Å². The summed E-state index contributed by atoms with van der Waals surface area (Å²) in [4.78, 5) is 41.4. The molecule has 0 spiro atoms. The van der Waals surface area contributed by atoms with E-state index in [1.165, 1.54) is 15.7 Å². The van der Waals surface area contributed by atoms with E-state index in [1.807, 2.05) is 0 Å². The number of rotatable bonds is 6. The highest BCUT2D eigenvalue weighted by atomic mass is 16.2. The third-order valence-electron chi connectivity index (χ3n) is 5.91. The summed E-state index contributed by atoms with van der Waals surface area (Å²) < 4.78 is 1.46. The minimum atomic E-state index is -0.485. The van der Waals surface area contributed by atoms with Gasteiger partial charge in [-0.15, -0.1) is 0 Å². The molecule has 1 fully saturated rings. The standard InChI is InChI=1S/C24H28N4O3/c1-17-5-4-6-18(15-17)16-27-12-9-19(10-13-27)25-22(29)11-14-28-21-8-3-2-7-20(21)23(30)26-24(28)31/h2-8,15,19H,9-14,16H2,1H3,(H,25,29)(H,26,30,31). The van der Waals surface area contributed by atoms with Gasteiger partial charge < -0.3 is 5.32 Å². The maximum absolute atomic E-state index is 12.5. The van der Waals surface area contributed by atoms with Crippen molar-refractivity contribution in [3.63, 3.8) is 0 Å². The number of aromatic amines is 1. The summed E-state index contributed by atoms with van der Waals surface area (Å²) in [7, 11) is 0. The topological polar surface area (TPSA) is 87.2 Å². The van der Waals surface area contributed by atoms with Gasteiger partial charge >= 0.3 is 5.69 Å². The zero-order valence-electron chi connectivity index (χ0n) is 17.8. The van der Waals surface area contributed by atoms with E-state index in [0.717, 1.165) is 32.5 Å². The highest BCUT2D eigenvalue weighted by molar-refractivity contribution is 5.79. The van der Waals surface area contributed by atoms with Crippen LogP contribution in [0.3, 0.4) is 0 Å². The maximum Gasteiger partial charge on any atom is 0.328 e. The van der Waals surface area contributed by atoms with E-state index in [-0.39, 0.29) is 24.9 Å². The largest absolute Gasteiger partial charge is 0.353 e. The number of H-pyrrole nitrogens is 1. The number of benzene rings is 2. The van der Waals surface area contributed by atoms with Gasteiger partial charge in [0, 0.05) is 38.6 Å². The second kappa shape index (κ2) is 9.31. The molecule has 1 amide bonds. The van der Waals surface area contributed by atoms with Gasteiger partial charge in [-0.05, 0) is 37.5 Å². The molecule has 1 saturated heterocycles. The van der Waals surface area contributed by atoms with Crippen molar-refractivity contribution >= 4 is 16.8 Å². The number of amides is 1. The normalized spacial score (nSPS) is 15.3. The Balaban J connectivity index is 1.29. The van der Waals surface area contributed by atoms with Crippen molar-refractivity contribution in [3.8, 4) is 0 Å². The Labute approximate surface area is 180 Å². The molecule has 2 aromatic carbocycles. The van der Waals surface area contributed by atoms with Crippen LogP contribution in [0.25, 0.3) is 10.9 Å². The average Bonchev–Trinajstić information content (AvgIpc) is 2.75. The van der Waals surface area contributed by atoms with Gasteiger partial charge in [0.1, 0.15) is 0 Å². The van der Waals surface area contributed by atoms with Crippen LogP contribution < -0.4 is 16.6 Å². The number of nitrogens with one attached hydrogen (secondary N) is 2. The molecule has 0 aliphatic carbocycles. The van der Waals surface area contributed by atoms with Gasteiger partial charge in [-0.25, -0.2) is 4.79 Å². The highest BCUT2D eigenvalue weighted by Crippen LogP contribution is 2.15. The zero-order chi connectivity index (χ0) is 21.8. The second-order valence-corrected chi connectivity index (χ2v) is 8.29. The van der Waals surface area contributed by atoms with E-state index < -0.39 is 11.2 Å². The van der Waals surface area contributed by atoms with E-state index in [4.69, 9.17) is 0 Å². The number of para-hydroxylation sites is 1. The molecule has 0 bridgehead atoms. The van der Waals surface area contributed by atoms with Crippen molar-refractivity contribution in [2.24, 2.45) is 0 Å². The summed E-state index contributed by atoms with van der Waals surface area (Å²) in [5.41, 5.74) is 2.25. The van der Waals surface area contributed by atoms with Gasteiger partial charge in [-0.2, -0.15) is 0 Å². The number of hydrogen-bond acceptors (Lipinski definition) is 4. The third kappa shape index (κ3) is 5.11. The highest BCUT2D eigenvalue weighted by Gasteiger charge is 2.21. The van der Waals surface area contributed by atoms with Crippen LogP contribution >= 0.6 is 0 Å². The molecule has 0 saturated carbocycles. The molecule has 1 aromatic heterocycles. The van der Waals surface area contributed by atoms with Crippen LogP contribution in [0, 0.1) is 6.92 Å². The Morgan fingerprint density at radius 2 is 1.87 bits per heavy atom. The number of aryl methyl sites for hydroxylation is 2. The summed E-state index contributed by atoms with van der Waals surface area (Å²) in [5, 5.41) is 3.56. The maximum atomic E-state index is 12.5. The zero-order valence-corrected chi connectivity index (χ0v) is 17.8. The third-order valence-corrected chi connectivity index (χ3v) is 5.91. The Hall–Kier alpha value is -3.19. The lowest BCUT2D eigenvalue weighted by atomic mass is 10.0. The number of carbonyl (C=O) groups is 1. The van der Waals surface area contributed by atoms with Crippen molar-refractivity contribution in [1.82, 2.24) is 19.8 Å². The van der Waals surface area contributed by atoms with Crippen molar-refractivity contribution in [2.75, 3.05) is 13.1 Å². The first-order valence-electron chi connectivity index (χ1n) is 10.8. The molecule has 7 heteroatoms. The fourth-order valence-electron chi connectivity index (χ4n) is 4.28. The van der Waals surface area contributed by atoms with Crippen LogP contribution in [0.5, 0.6) is 0 Å². The van der Waals surface area contributed by atoms with E-state index in [1.54, 1.807) is 24.3 Å².